The molecule has 0 bridgehead atoms. The molecule has 1 heterocycles. The fourth-order valence-corrected chi connectivity index (χ4v) is 9.53. The molecule has 0 aliphatic carbocycles. The third-order valence-corrected chi connectivity index (χ3v) is 13.6. The number of nitrogens with zero attached hydrogens (tertiary/aromatic N) is 9. The van der Waals surface area contributed by atoms with E-state index in [-0.39, 0.29) is 60.8 Å². The van der Waals surface area contributed by atoms with E-state index in [0.29, 0.717) is 61.5 Å². The van der Waals surface area contributed by atoms with Crippen LogP contribution in [0.3, 0.4) is 0 Å². The minimum atomic E-state index is -4.93. The van der Waals surface area contributed by atoms with Gasteiger partial charge in [0.1, 0.15) is 37.9 Å². The number of rotatable bonds is 11. The summed E-state index contributed by atoms with van der Waals surface area (Å²) in [6.07, 6.45) is 0. The number of azo groups is 3. The van der Waals surface area contributed by atoms with E-state index < -0.39 is 46.8 Å². The number of phenolic OH excluding ortho intramolecular Hbond substituents is 2. The Morgan fingerprint density at radius 1 is 0.522 bits per heavy atom. The van der Waals surface area contributed by atoms with Gasteiger partial charge in [0.25, 0.3) is 30.4 Å². The standard InChI is InChI=1S/C45H33N9O12S3/c1-23-15-38(24(2)14-37(23)48-46-28-8-6-25-4-3-5-42(33(25)18-28)68(61,62)63)49-50-39-21-41(56)40(17-27(39)22-55)51-47-36-12-7-26-16-29(9-10-31(26)45(36)57)54-52-35-13-11-32-34(44(35)53-54)19-30(67(58,59)60)20-43(32)69(64,65)66/h3-21,55-57H,22H2,1-2H3,(H,58,59,60)(H,61,62,63)(H,64,65,66). The molecule has 9 rings (SSSR count). The van der Waals surface area contributed by atoms with Crippen LogP contribution in [0.15, 0.2) is 161 Å². The van der Waals surface area contributed by atoms with Crippen molar-refractivity contribution in [3.63, 3.8) is 0 Å². The number of aromatic hydroxyl groups is 2. The summed E-state index contributed by atoms with van der Waals surface area (Å²) in [7, 11) is -14.3. The first-order chi connectivity index (χ1) is 32.7. The Bertz CT molecular complexity index is 4100. The topological polar surface area (TPSA) is 329 Å². The Morgan fingerprint density at radius 3 is 1.87 bits per heavy atom. The lowest BCUT2D eigenvalue weighted by Gasteiger charge is -2.08. The summed E-state index contributed by atoms with van der Waals surface area (Å²) < 4.78 is 101. The minimum absolute atomic E-state index is 0.0240. The van der Waals surface area contributed by atoms with Crippen LogP contribution in [0.5, 0.6) is 11.5 Å². The molecule has 0 saturated heterocycles. The van der Waals surface area contributed by atoms with Gasteiger partial charge in [-0.3, -0.25) is 13.7 Å². The van der Waals surface area contributed by atoms with Crippen LogP contribution >= 0.6 is 0 Å². The predicted octanol–water partition coefficient (Wildman–Crippen LogP) is 10.4. The van der Waals surface area contributed by atoms with Crippen LogP contribution in [0, 0.1) is 13.8 Å². The molecule has 0 atom stereocenters. The average Bonchev–Trinajstić information content (AvgIpc) is 3.75. The Morgan fingerprint density at radius 2 is 1.17 bits per heavy atom. The summed E-state index contributed by atoms with van der Waals surface area (Å²) in [4.78, 5) is -0.577. The molecule has 0 spiro atoms. The van der Waals surface area contributed by atoms with E-state index in [1.807, 2.05) is 0 Å². The molecular weight excluding hydrogens is 955 g/mol. The zero-order valence-corrected chi connectivity index (χ0v) is 38.0. The molecule has 0 saturated carbocycles. The van der Waals surface area contributed by atoms with Gasteiger partial charge in [-0.05, 0) is 115 Å². The van der Waals surface area contributed by atoms with Crippen LogP contribution in [-0.2, 0) is 37.0 Å². The molecule has 0 unspecified atom stereocenters. The highest BCUT2D eigenvalue weighted by molar-refractivity contribution is 7.87. The summed E-state index contributed by atoms with van der Waals surface area (Å²) >= 11 is 0. The summed E-state index contributed by atoms with van der Waals surface area (Å²) in [5, 5.41) is 68.4. The van der Waals surface area contributed by atoms with Gasteiger partial charge in [-0.15, -0.1) is 20.4 Å². The van der Waals surface area contributed by atoms with Crippen LogP contribution in [-0.4, -0.2) is 69.2 Å². The van der Waals surface area contributed by atoms with Gasteiger partial charge in [0.2, 0.25) is 0 Å². The van der Waals surface area contributed by atoms with E-state index in [1.165, 1.54) is 53.3 Å². The number of aromatic nitrogens is 3. The average molecular weight is 988 g/mol. The van der Waals surface area contributed by atoms with Crippen molar-refractivity contribution in [3.05, 3.63) is 132 Å². The quantitative estimate of drug-likeness (QED) is 0.0518. The Kier molecular flexibility index (Phi) is 11.6. The van der Waals surface area contributed by atoms with Crippen molar-refractivity contribution in [2.75, 3.05) is 0 Å². The number of hydrogen-bond acceptors (Lipinski definition) is 17. The van der Waals surface area contributed by atoms with Gasteiger partial charge in [-0.25, -0.2) is 0 Å². The highest BCUT2D eigenvalue weighted by Gasteiger charge is 2.23. The molecule has 348 valence electrons. The van der Waals surface area contributed by atoms with Crippen LogP contribution in [0.4, 0.5) is 34.1 Å². The number of fused-ring (bicyclic) bond motifs is 5. The maximum atomic E-state index is 12.2. The number of phenols is 2. The van der Waals surface area contributed by atoms with Gasteiger partial charge in [0.05, 0.1) is 39.9 Å². The first kappa shape index (κ1) is 46.2. The van der Waals surface area contributed by atoms with E-state index >= 15 is 0 Å². The summed E-state index contributed by atoms with van der Waals surface area (Å²) in [6, 6.07) is 27.7. The maximum Gasteiger partial charge on any atom is 0.295 e. The largest absolute Gasteiger partial charge is 0.506 e. The molecular formula is C45H33N9O12S3. The van der Waals surface area contributed by atoms with Crippen molar-refractivity contribution in [3.8, 4) is 17.2 Å². The highest BCUT2D eigenvalue weighted by Crippen LogP contribution is 2.41. The monoisotopic (exact) mass is 987 g/mol. The van der Waals surface area contributed by atoms with Gasteiger partial charge >= 0.3 is 0 Å². The van der Waals surface area contributed by atoms with E-state index in [4.69, 9.17) is 0 Å². The normalized spacial score (nSPS) is 12.8. The Balaban J connectivity index is 0.944. The fourth-order valence-electron chi connectivity index (χ4n) is 7.48. The second-order valence-electron chi connectivity index (χ2n) is 15.5. The molecule has 0 radical (unpaired) electrons. The lowest BCUT2D eigenvalue weighted by molar-refractivity contribution is 0.282. The van der Waals surface area contributed by atoms with Crippen molar-refractivity contribution < 1.29 is 54.2 Å². The zero-order chi connectivity index (χ0) is 49.2. The molecule has 0 aliphatic rings. The maximum absolute atomic E-state index is 12.2. The van der Waals surface area contributed by atoms with Crippen molar-refractivity contribution in [1.82, 2.24) is 15.0 Å². The van der Waals surface area contributed by atoms with Crippen LogP contribution in [0.25, 0.3) is 49.0 Å². The lowest BCUT2D eigenvalue weighted by Crippen LogP contribution is -2.04. The van der Waals surface area contributed by atoms with Crippen molar-refractivity contribution >= 4 is 108 Å². The predicted molar refractivity (Wildman–Crippen MR) is 251 cm³/mol. The number of aryl methyl sites for hydroxylation is 2. The van der Waals surface area contributed by atoms with Gasteiger partial charge in [0, 0.05) is 33.2 Å². The van der Waals surface area contributed by atoms with E-state index in [9.17, 15) is 54.2 Å². The summed E-state index contributed by atoms with van der Waals surface area (Å²) in [5.74, 6) is -0.623. The van der Waals surface area contributed by atoms with E-state index in [0.717, 1.165) is 6.07 Å². The van der Waals surface area contributed by atoms with Crippen molar-refractivity contribution in [2.24, 2.45) is 30.7 Å². The number of hydrogen-bond donors (Lipinski definition) is 6. The second kappa shape index (κ2) is 17.3. The molecule has 24 heteroatoms. The molecule has 0 amide bonds. The van der Waals surface area contributed by atoms with Crippen LogP contribution < -0.4 is 0 Å². The summed E-state index contributed by atoms with van der Waals surface area (Å²) in [6.45, 7) is 3.05. The smallest absolute Gasteiger partial charge is 0.295 e. The Labute approximate surface area is 390 Å². The first-order valence-corrected chi connectivity index (χ1v) is 24.4. The number of benzene rings is 8. The third-order valence-electron chi connectivity index (χ3n) is 10.9. The fraction of sp³-hybridized carbons (Fsp3) is 0.0667. The van der Waals surface area contributed by atoms with E-state index in [2.05, 4.69) is 40.9 Å². The second-order valence-corrected chi connectivity index (χ2v) is 19.7. The SMILES string of the molecule is Cc1cc(N=Nc2cc(O)c(N=Nc3ccc4cc(-n5nc6ccc7c(S(=O)(=O)O)cc(S(=O)(=O)O)cc7c6n5)ccc4c3O)cc2CO)c(C)cc1N=Nc1ccc2cccc(S(=O)(=O)O)c2c1. The number of aliphatic hydroxyl groups excluding tert-OH is 1. The molecule has 1 aromatic heterocycles. The minimum Gasteiger partial charge on any atom is -0.506 e. The molecule has 0 aliphatic heterocycles. The molecule has 21 nitrogen and oxygen atoms in total. The van der Waals surface area contributed by atoms with Gasteiger partial charge in [-0.1, -0.05) is 30.3 Å². The molecule has 9 aromatic rings. The van der Waals surface area contributed by atoms with Crippen molar-refractivity contribution in [2.45, 2.75) is 35.1 Å². The van der Waals surface area contributed by atoms with Crippen molar-refractivity contribution in [1.29, 1.82) is 0 Å². The van der Waals surface area contributed by atoms with Crippen LogP contribution in [0.1, 0.15) is 16.7 Å². The number of aliphatic hydroxyl groups is 1. The lowest BCUT2D eigenvalue weighted by atomic mass is 10.1. The third kappa shape index (κ3) is 9.10. The molecule has 6 N–H and O–H groups in total. The van der Waals surface area contributed by atoms with Gasteiger partial charge in [-0.2, -0.15) is 50.5 Å². The van der Waals surface area contributed by atoms with E-state index in [1.54, 1.807) is 68.4 Å². The summed E-state index contributed by atoms with van der Waals surface area (Å²) in [5.41, 5.74) is 3.68. The van der Waals surface area contributed by atoms with Crippen LogP contribution in [0.2, 0.25) is 0 Å². The highest BCUT2D eigenvalue weighted by atomic mass is 32.2. The van der Waals surface area contributed by atoms with Gasteiger partial charge < -0.3 is 15.3 Å². The van der Waals surface area contributed by atoms with Gasteiger partial charge in [0.15, 0.2) is 5.75 Å². The molecule has 0 fully saturated rings. The Hall–Kier alpha value is -7.97. The molecule has 69 heavy (non-hydrogen) atoms. The first-order valence-electron chi connectivity index (χ1n) is 20.0. The zero-order valence-electron chi connectivity index (χ0n) is 35.6. The molecule has 8 aromatic carbocycles.